The number of benzene rings is 1. The van der Waals surface area contributed by atoms with Crippen LogP contribution in [-0.2, 0) is 0 Å². The van der Waals surface area contributed by atoms with Crippen LogP contribution in [0.25, 0.3) is 0 Å². The van der Waals surface area contributed by atoms with Gasteiger partial charge in [-0.1, -0.05) is 12.1 Å². The van der Waals surface area contributed by atoms with Gasteiger partial charge in [-0.2, -0.15) is 4.84 Å². The molecular formula is C13H11KNO4+. The maximum Gasteiger partial charge on any atom is 1.00 e. The average Bonchev–Trinajstić information content (AvgIpc) is 2.40. The monoisotopic (exact) mass is 284 g/mol. The molecule has 1 heterocycles. The molecule has 0 saturated carbocycles. The van der Waals surface area contributed by atoms with Crippen molar-refractivity contribution >= 4 is 11.9 Å². The maximum absolute atomic E-state index is 11.8. The third-order valence-electron chi connectivity index (χ3n) is 2.22. The quantitative estimate of drug-likeness (QED) is 0.526. The van der Waals surface area contributed by atoms with Gasteiger partial charge in [0.1, 0.15) is 0 Å². The summed E-state index contributed by atoms with van der Waals surface area (Å²) in [6.07, 6.45) is 3.14. The van der Waals surface area contributed by atoms with Crippen LogP contribution in [0.1, 0.15) is 22.1 Å². The van der Waals surface area contributed by atoms with Crippen molar-refractivity contribution < 1.29 is 77.1 Å². The van der Waals surface area contributed by atoms with Crippen LogP contribution in [-0.4, -0.2) is 17.0 Å². The minimum Gasteiger partial charge on any atom is -1.00 e. The Morgan fingerprint density at radius 3 is 2.32 bits per heavy atom. The van der Waals surface area contributed by atoms with Crippen molar-refractivity contribution in [3.8, 4) is 0 Å². The molecule has 0 spiro atoms. The third kappa shape index (κ3) is 4.52. The Morgan fingerprint density at radius 2 is 1.68 bits per heavy atom. The Hall–Kier alpha value is -1.05. The Kier molecular flexibility index (Phi) is 6.33. The van der Waals surface area contributed by atoms with E-state index in [9.17, 15) is 9.59 Å². The first-order valence-corrected chi connectivity index (χ1v) is 5.19. The molecule has 0 amide bonds. The van der Waals surface area contributed by atoms with E-state index in [-0.39, 0.29) is 63.9 Å². The molecule has 6 heteroatoms. The first kappa shape index (κ1) is 16.0. The van der Waals surface area contributed by atoms with Gasteiger partial charge in [0.2, 0.25) is 12.4 Å². The number of pyridine rings is 1. The van der Waals surface area contributed by atoms with Gasteiger partial charge in [0, 0.05) is 16.9 Å². The minimum absolute atomic E-state index is 0. The molecule has 92 valence electrons. The number of carbonyl (C=O) groups excluding carboxylic acids is 1. The van der Waals surface area contributed by atoms with Gasteiger partial charge in [-0.15, -0.1) is 0 Å². The van der Waals surface area contributed by atoms with Crippen molar-refractivity contribution in [2.75, 3.05) is 0 Å². The number of hydrogen-bond donors (Lipinski definition) is 1. The normalized spacial score (nSPS) is 9.26. The second-order valence-corrected chi connectivity index (χ2v) is 3.50. The van der Waals surface area contributed by atoms with E-state index in [0.29, 0.717) is 0 Å². The van der Waals surface area contributed by atoms with E-state index in [4.69, 9.17) is 9.94 Å². The fraction of sp³-hybridized carbons (Fsp3) is 0. The molecule has 0 fully saturated rings. The number of carboxylic acids is 1. The van der Waals surface area contributed by atoms with Crippen molar-refractivity contribution in [3.05, 3.63) is 66.0 Å². The van der Waals surface area contributed by atoms with Crippen LogP contribution in [0.15, 0.2) is 54.9 Å². The number of nitrogens with zero attached hydrogens (tertiary/aromatic N) is 1. The van der Waals surface area contributed by atoms with Crippen molar-refractivity contribution in [2.24, 2.45) is 0 Å². The van der Waals surface area contributed by atoms with E-state index < -0.39 is 11.9 Å². The van der Waals surface area contributed by atoms with Crippen LogP contribution in [0, 0.1) is 0 Å². The summed E-state index contributed by atoms with van der Waals surface area (Å²) < 4.78 is 1.25. The largest absolute Gasteiger partial charge is 1.00 e. The molecule has 0 radical (unpaired) electrons. The van der Waals surface area contributed by atoms with Crippen LogP contribution in [0.2, 0.25) is 0 Å². The molecule has 1 aromatic carbocycles. The minimum atomic E-state index is -1.09. The van der Waals surface area contributed by atoms with Gasteiger partial charge in [0.25, 0.3) is 0 Å². The van der Waals surface area contributed by atoms with Gasteiger partial charge in [0.15, 0.2) is 0 Å². The van der Waals surface area contributed by atoms with Crippen LogP contribution in [0.5, 0.6) is 0 Å². The summed E-state index contributed by atoms with van der Waals surface area (Å²) in [5.41, 5.74) is 0.230. The number of carboxylic acid groups (broad SMARTS) is 1. The number of carbonyl (C=O) groups is 2. The molecule has 19 heavy (non-hydrogen) atoms. The molecule has 1 aromatic heterocycles. The first-order chi connectivity index (χ1) is 8.66. The van der Waals surface area contributed by atoms with Crippen molar-refractivity contribution in [3.63, 3.8) is 0 Å². The van der Waals surface area contributed by atoms with E-state index in [0.717, 1.165) is 0 Å². The molecule has 0 aliphatic carbocycles. The number of aromatic nitrogens is 1. The molecule has 0 atom stereocenters. The molecule has 5 nitrogen and oxygen atoms in total. The van der Waals surface area contributed by atoms with Crippen LogP contribution in [0.3, 0.4) is 0 Å². The fourth-order valence-electron chi connectivity index (χ4n) is 1.37. The van der Waals surface area contributed by atoms with Crippen molar-refractivity contribution in [2.45, 2.75) is 0 Å². The van der Waals surface area contributed by atoms with E-state index in [1.54, 1.807) is 30.6 Å². The van der Waals surface area contributed by atoms with Gasteiger partial charge in [-0.3, -0.25) is 0 Å². The molecule has 0 unspecified atom stereocenters. The van der Waals surface area contributed by atoms with Crippen LogP contribution >= 0.6 is 0 Å². The molecule has 0 aliphatic heterocycles. The predicted octanol–water partition coefficient (Wildman–Crippen LogP) is -1.94. The molecular weight excluding hydrogens is 273 g/mol. The summed E-state index contributed by atoms with van der Waals surface area (Å²) in [5, 5.41) is 8.82. The van der Waals surface area contributed by atoms with Gasteiger partial charge in [-0.05, 0) is 18.2 Å². The van der Waals surface area contributed by atoms with E-state index >= 15 is 0 Å². The van der Waals surface area contributed by atoms with Crippen molar-refractivity contribution in [1.29, 1.82) is 0 Å². The Labute approximate surface area is 153 Å². The zero-order chi connectivity index (χ0) is 13.0. The molecule has 0 aliphatic rings. The summed E-state index contributed by atoms with van der Waals surface area (Å²) in [5.74, 6) is -1.70. The smallest absolute Gasteiger partial charge is 1.00 e. The summed E-state index contributed by atoms with van der Waals surface area (Å²) in [6, 6.07) is 10.9. The van der Waals surface area contributed by atoms with Crippen LogP contribution < -0.4 is 61.0 Å². The molecule has 2 rings (SSSR count). The second-order valence-electron chi connectivity index (χ2n) is 3.50. The number of hydrogen-bond acceptors (Lipinski definition) is 3. The zero-order valence-corrected chi connectivity index (χ0v) is 13.4. The molecule has 1 N–H and O–H groups in total. The molecule has 2 aromatic rings. The summed E-state index contributed by atoms with van der Waals surface area (Å²) in [4.78, 5) is 27.5. The summed E-state index contributed by atoms with van der Waals surface area (Å²) in [7, 11) is 0. The van der Waals surface area contributed by atoms with Gasteiger partial charge >= 0.3 is 63.3 Å². The predicted molar refractivity (Wildman–Crippen MR) is 62.1 cm³/mol. The van der Waals surface area contributed by atoms with Gasteiger partial charge in [-0.25, -0.2) is 9.59 Å². The van der Waals surface area contributed by atoms with E-state index in [1.165, 1.54) is 29.0 Å². The van der Waals surface area contributed by atoms with Gasteiger partial charge in [0.05, 0.1) is 11.1 Å². The van der Waals surface area contributed by atoms with E-state index in [1.807, 2.05) is 0 Å². The number of rotatable bonds is 3. The first-order valence-electron chi connectivity index (χ1n) is 5.19. The Bertz CT molecular complexity index is 592. The SMILES string of the molecule is O=C(O)c1cccc(C(=O)O[n+]2ccccc2)c1.[H-].[K+]. The standard InChI is InChI=1S/C13H9NO4.K.H/c15-12(16)10-5-4-6-11(9-10)13(17)18-14-7-2-1-3-8-14;;/h1-9H;;/q;+1;-1/p+1. The maximum atomic E-state index is 11.8. The third-order valence-corrected chi connectivity index (χ3v) is 2.22. The molecule has 0 bridgehead atoms. The van der Waals surface area contributed by atoms with Gasteiger partial charge < -0.3 is 6.53 Å². The fourth-order valence-corrected chi connectivity index (χ4v) is 1.37. The van der Waals surface area contributed by atoms with Crippen molar-refractivity contribution in [1.82, 2.24) is 0 Å². The molecule has 0 saturated heterocycles. The Morgan fingerprint density at radius 1 is 1.05 bits per heavy atom. The average molecular weight is 284 g/mol. The topological polar surface area (TPSA) is 67.5 Å². The van der Waals surface area contributed by atoms with E-state index in [2.05, 4.69) is 0 Å². The summed E-state index contributed by atoms with van der Waals surface area (Å²) in [6.45, 7) is 0. The number of aromatic carboxylic acids is 1. The van der Waals surface area contributed by atoms with Crippen LogP contribution in [0.4, 0.5) is 0 Å². The summed E-state index contributed by atoms with van der Waals surface area (Å²) >= 11 is 0. The second kappa shape index (κ2) is 7.51. The Balaban J connectivity index is 0.00000180. The zero-order valence-electron chi connectivity index (χ0n) is 11.3.